The van der Waals surface area contributed by atoms with Crippen molar-refractivity contribution >= 4 is 5.97 Å². The Bertz CT molecular complexity index is 413. The fourth-order valence-electron chi connectivity index (χ4n) is 1.78. The van der Waals surface area contributed by atoms with Gasteiger partial charge in [0.25, 0.3) is 0 Å². The summed E-state index contributed by atoms with van der Waals surface area (Å²) in [4.78, 5) is 12.2. The third kappa shape index (κ3) is 4.09. The Hall–Kier alpha value is -1.31. The van der Waals surface area contributed by atoms with E-state index in [0.717, 1.165) is 12.0 Å². The molecule has 0 radical (unpaired) electrons. The molecule has 0 bridgehead atoms. The van der Waals surface area contributed by atoms with Crippen molar-refractivity contribution in [3.63, 3.8) is 0 Å². The predicted octanol–water partition coefficient (Wildman–Crippen LogP) is 4.75. The predicted molar refractivity (Wildman–Crippen MR) is 78.8 cm³/mol. The average molecular weight is 262 g/mol. The molecule has 0 aliphatic carbocycles. The summed E-state index contributed by atoms with van der Waals surface area (Å²) in [5, 5.41) is 0. The molecule has 0 amide bonds. The van der Waals surface area contributed by atoms with E-state index in [1.165, 1.54) is 0 Å². The molecule has 0 aliphatic rings. The van der Waals surface area contributed by atoms with Gasteiger partial charge in [-0.1, -0.05) is 51.1 Å². The molecule has 1 aromatic carbocycles. The second kappa shape index (κ2) is 5.77. The van der Waals surface area contributed by atoms with Gasteiger partial charge in [0.05, 0.1) is 5.41 Å². The lowest BCUT2D eigenvalue weighted by Gasteiger charge is -2.35. The maximum atomic E-state index is 12.2. The summed E-state index contributed by atoms with van der Waals surface area (Å²) in [6, 6.07) is 10.00. The van der Waals surface area contributed by atoms with Gasteiger partial charge in [0, 0.05) is 5.41 Å². The normalized spacial score (nSPS) is 14.0. The molecular weight excluding hydrogens is 236 g/mol. The highest BCUT2D eigenvalue weighted by Gasteiger charge is 2.35. The molecule has 19 heavy (non-hydrogen) atoms. The van der Waals surface area contributed by atoms with Crippen LogP contribution in [-0.2, 0) is 9.53 Å². The number of hydrogen-bond donors (Lipinski definition) is 0. The lowest BCUT2D eigenvalue weighted by molar-refractivity contribution is -0.165. The summed E-state index contributed by atoms with van der Waals surface area (Å²) in [5.74, 6) is -0.150. The fraction of sp³-hybridized carbons (Fsp3) is 0.588. The minimum Gasteiger partial charge on any atom is -0.457 e. The summed E-state index contributed by atoms with van der Waals surface area (Å²) < 4.78 is 5.82. The molecule has 1 unspecified atom stereocenters. The number of ether oxygens (including phenoxy) is 1. The number of carbonyl (C=O) groups is 1. The van der Waals surface area contributed by atoms with Crippen LogP contribution >= 0.6 is 0 Å². The second-order valence-corrected chi connectivity index (χ2v) is 6.79. The van der Waals surface area contributed by atoms with E-state index in [-0.39, 0.29) is 17.5 Å². The third-order valence-corrected chi connectivity index (χ3v) is 3.56. The molecule has 0 aliphatic heterocycles. The number of hydrogen-bond acceptors (Lipinski definition) is 2. The van der Waals surface area contributed by atoms with Crippen molar-refractivity contribution in [1.82, 2.24) is 0 Å². The Morgan fingerprint density at radius 1 is 1.11 bits per heavy atom. The van der Waals surface area contributed by atoms with Crippen molar-refractivity contribution in [3.05, 3.63) is 35.9 Å². The van der Waals surface area contributed by atoms with Gasteiger partial charge in [-0.2, -0.15) is 0 Å². The van der Waals surface area contributed by atoms with E-state index in [0.29, 0.717) is 0 Å². The van der Waals surface area contributed by atoms with Crippen LogP contribution in [0.3, 0.4) is 0 Å². The van der Waals surface area contributed by atoms with E-state index >= 15 is 0 Å². The van der Waals surface area contributed by atoms with Crippen LogP contribution in [-0.4, -0.2) is 5.97 Å². The molecule has 1 aromatic rings. The zero-order valence-corrected chi connectivity index (χ0v) is 13.0. The summed E-state index contributed by atoms with van der Waals surface area (Å²) in [6.07, 6.45) is 0.745. The molecule has 0 aromatic heterocycles. The highest BCUT2D eigenvalue weighted by atomic mass is 16.5. The van der Waals surface area contributed by atoms with Gasteiger partial charge in [-0.3, -0.25) is 4.79 Å². The zero-order valence-electron chi connectivity index (χ0n) is 13.0. The minimum absolute atomic E-state index is 0.0811. The first-order valence-electron chi connectivity index (χ1n) is 6.94. The smallest absolute Gasteiger partial charge is 0.311 e. The molecule has 2 nitrogen and oxygen atoms in total. The van der Waals surface area contributed by atoms with E-state index in [1.54, 1.807) is 0 Å². The fourth-order valence-corrected chi connectivity index (χ4v) is 1.78. The molecule has 0 fully saturated rings. The summed E-state index contributed by atoms with van der Waals surface area (Å²) in [5.41, 5.74) is 0.506. The molecule has 0 N–H and O–H groups in total. The Kier molecular flexibility index (Phi) is 4.78. The SMILES string of the molecule is CCC(C)(C)C(OC(=O)C(C)(C)C)c1ccccc1. The van der Waals surface area contributed by atoms with Crippen LogP contribution in [0, 0.1) is 10.8 Å². The molecule has 0 saturated carbocycles. The van der Waals surface area contributed by atoms with Crippen molar-refractivity contribution in [2.24, 2.45) is 10.8 Å². The maximum absolute atomic E-state index is 12.2. The first-order valence-corrected chi connectivity index (χ1v) is 6.94. The van der Waals surface area contributed by atoms with Gasteiger partial charge in [-0.25, -0.2) is 0 Å². The number of benzene rings is 1. The van der Waals surface area contributed by atoms with Gasteiger partial charge in [0.2, 0.25) is 0 Å². The highest BCUT2D eigenvalue weighted by molar-refractivity contribution is 5.75. The van der Waals surface area contributed by atoms with Crippen LogP contribution in [0.4, 0.5) is 0 Å². The van der Waals surface area contributed by atoms with Gasteiger partial charge in [-0.05, 0) is 32.8 Å². The topological polar surface area (TPSA) is 26.3 Å². The molecule has 106 valence electrons. The van der Waals surface area contributed by atoms with Gasteiger partial charge >= 0.3 is 5.97 Å². The van der Waals surface area contributed by atoms with Crippen molar-refractivity contribution in [1.29, 1.82) is 0 Å². The van der Waals surface area contributed by atoms with Crippen LogP contribution < -0.4 is 0 Å². The van der Waals surface area contributed by atoms with Gasteiger partial charge in [0.15, 0.2) is 0 Å². The number of carbonyl (C=O) groups excluding carboxylic acids is 1. The summed E-state index contributed by atoms with van der Waals surface area (Å²) in [6.45, 7) is 12.1. The van der Waals surface area contributed by atoms with Crippen molar-refractivity contribution in [2.75, 3.05) is 0 Å². The Labute approximate surface area is 117 Å². The van der Waals surface area contributed by atoms with Gasteiger partial charge in [-0.15, -0.1) is 0 Å². The van der Waals surface area contributed by atoms with Gasteiger partial charge < -0.3 is 4.74 Å². The van der Waals surface area contributed by atoms with Crippen LogP contribution in [0.15, 0.2) is 30.3 Å². The Morgan fingerprint density at radius 2 is 1.63 bits per heavy atom. The lowest BCUT2D eigenvalue weighted by atomic mass is 9.80. The largest absolute Gasteiger partial charge is 0.457 e. The van der Waals surface area contributed by atoms with Crippen LogP contribution in [0.1, 0.15) is 59.6 Å². The van der Waals surface area contributed by atoms with Crippen LogP contribution in [0.2, 0.25) is 0 Å². The standard InChI is InChI=1S/C17H26O2/c1-7-17(5,6)14(13-11-9-8-10-12-13)19-15(18)16(2,3)4/h8-12,14H,7H2,1-6H3. The molecule has 0 spiro atoms. The second-order valence-electron chi connectivity index (χ2n) is 6.79. The molecule has 0 heterocycles. The van der Waals surface area contributed by atoms with E-state index in [1.807, 2.05) is 51.1 Å². The zero-order chi connectivity index (χ0) is 14.7. The van der Waals surface area contributed by atoms with E-state index in [2.05, 4.69) is 20.8 Å². The van der Waals surface area contributed by atoms with Crippen molar-refractivity contribution in [2.45, 2.75) is 54.1 Å². The molecule has 1 atom stereocenters. The summed E-state index contributed by atoms with van der Waals surface area (Å²) >= 11 is 0. The number of esters is 1. The van der Waals surface area contributed by atoms with Gasteiger partial charge in [0.1, 0.15) is 6.10 Å². The van der Waals surface area contributed by atoms with E-state index in [4.69, 9.17) is 4.74 Å². The minimum atomic E-state index is -0.475. The monoisotopic (exact) mass is 262 g/mol. The van der Waals surface area contributed by atoms with Crippen LogP contribution in [0.5, 0.6) is 0 Å². The first-order chi connectivity index (χ1) is 8.68. The molecule has 0 saturated heterocycles. The Morgan fingerprint density at radius 3 is 2.05 bits per heavy atom. The van der Waals surface area contributed by atoms with Crippen molar-refractivity contribution in [3.8, 4) is 0 Å². The van der Waals surface area contributed by atoms with Crippen LogP contribution in [0.25, 0.3) is 0 Å². The first kappa shape index (κ1) is 15.7. The Balaban J connectivity index is 3.05. The average Bonchev–Trinajstić information content (AvgIpc) is 2.35. The quantitative estimate of drug-likeness (QED) is 0.732. The van der Waals surface area contributed by atoms with E-state index in [9.17, 15) is 4.79 Å². The molecular formula is C17H26O2. The summed E-state index contributed by atoms with van der Waals surface area (Å²) in [7, 11) is 0. The van der Waals surface area contributed by atoms with Crippen molar-refractivity contribution < 1.29 is 9.53 Å². The molecule has 1 rings (SSSR count). The molecule has 2 heteroatoms. The highest BCUT2D eigenvalue weighted by Crippen LogP contribution is 2.40. The third-order valence-electron chi connectivity index (χ3n) is 3.56. The lowest BCUT2D eigenvalue weighted by Crippen LogP contribution is -2.31. The maximum Gasteiger partial charge on any atom is 0.311 e. The number of rotatable bonds is 4. The van der Waals surface area contributed by atoms with E-state index < -0.39 is 5.41 Å².